The number of nitrogens with one attached hydrogen (secondary N) is 1. The first-order valence-electron chi connectivity index (χ1n) is 5.05. The van der Waals surface area contributed by atoms with Crippen molar-refractivity contribution in [3.8, 4) is 0 Å². The van der Waals surface area contributed by atoms with Crippen LogP contribution >= 0.6 is 0 Å². The molecule has 96 valence electrons. The minimum atomic E-state index is -1.26. The largest absolute Gasteiger partial charge is 0.480 e. The number of rotatable bonds is 5. The molecule has 0 bridgehead atoms. The van der Waals surface area contributed by atoms with Gasteiger partial charge in [-0.25, -0.2) is 13.6 Å². The lowest BCUT2D eigenvalue weighted by Crippen LogP contribution is -2.40. The summed E-state index contributed by atoms with van der Waals surface area (Å²) in [5, 5.41) is 10.9. The van der Waals surface area contributed by atoms with Gasteiger partial charge in [0, 0.05) is 6.07 Å². The maximum Gasteiger partial charge on any atom is 0.326 e. The van der Waals surface area contributed by atoms with Crippen molar-refractivity contribution >= 4 is 11.9 Å². The fraction of sp³-hybridized carbons (Fsp3) is 0.167. The summed E-state index contributed by atoms with van der Waals surface area (Å²) < 4.78 is 25.9. The van der Waals surface area contributed by atoms with Crippen molar-refractivity contribution in [3.05, 3.63) is 48.1 Å². The molecule has 0 heterocycles. The maximum atomic E-state index is 13.3. The Morgan fingerprint density at radius 2 is 2.11 bits per heavy atom. The topological polar surface area (TPSA) is 66.4 Å². The van der Waals surface area contributed by atoms with E-state index in [1.54, 1.807) is 0 Å². The second-order valence-electron chi connectivity index (χ2n) is 3.51. The molecule has 0 fully saturated rings. The predicted octanol–water partition coefficient (Wildman–Crippen LogP) is 1.72. The number of hydrogen-bond donors (Lipinski definition) is 2. The molecule has 6 heteroatoms. The molecule has 1 amide bonds. The molecule has 18 heavy (non-hydrogen) atoms. The third-order valence-electron chi connectivity index (χ3n) is 2.18. The van der Waals surface area contributed by atoms with Crippen LogP contribution in [-0.2, 0) is 4.79 Å². The summed E-state index contributed by atoms with van der Waals surface area (Å²) >= 11 is 0. The molecule has 0 radical (unpaired) electrons. The summed E-state index contributed by atoms with van der Waals surface area (Å²) in [4.78, 5) is 22.4. The van der Waals surface area contributed by atoms with Crippen molar-refractivity contribution in [2.24, 2.45) is 0 Å². The summed E-state index contributed by atoms with van der Waals surface area (Å²) in [7, 11) is 0. The lowest BCUT2D eigenvalue weighted by molar-refractivity contribution is -0.139. The molecule has 0 aliphatic heterocycles. The molecule has 0 aliphatic rings. The SMILES string of the molecule is C=CCC(NC(=O)c1ccc(F)cc1F)C(=O)O. The fourth-order valence-electron chi connectivity index (χ4n) is 1.30. The second-order valence-corrected chi connectivity index (χ2v) is 3.51. The second kappa shape index (κ2) is 5.90. The van der Waals surface area contributed by atoms with Gasteiger partial charge in [0.15, 0.2) is 0 Å². The van der Waals surface area contributed by atoms with Gasteiger partial charge in [-0.15, -0.1) is 6.58 Å². The molecule has 0 saturated heterocycles. The van der Waals surface area contributed by atoms with Gasteiger partial charge in [0.25, 0.3) is 5.91 Å². The van der Waals surface area contributed by atoms with Crippen molar-refractivity contribution in [1.29, 1.82) is 0 Å². The minimum absolute atomic E-state index is 0.00386. The van der Waals surface area contributed by atoms with E-state index >= 15 is 0 Å². The maximum absolute atomic E-state index is 13.3. The Balaban J connectivity index is 2.86. The quantitative estimate of drug-likeness (QED) is 0.787. The van der Waals surface area contributed by atoms with E-state index in [0.29, 0.717) is 6.07 Å². The molecule has 4 nitrogen and oxygen atoms in total. The first-order chi connectivity index (χ1) is 8.45. The molecule has 0 spiro atoms. The van der Waals surface area contributed by atoms with Crippen LogP contribution < -0.4 is 5.32 Å². The predicted molar refractivity (Wildman–Crippen MR) is 60.1 cm³/mol. The van der Waals surface area contributed by atoms with E-state index in [1.165, 1.54) is 6.08 Å². The first kappa shape index (κ1) is 13.8. The van der Waals surface area contributed by atoms with Crippen LogP contribution in [-0.4, -0.2) is 23.0 Å². The Kier molecular flexibility index (Phi) is 4.53. The van der Waals surface area contributed by atoms with Gasteiger partial charge in [-0.3, -0.25) is 4.79 Å². The number of halogens is 2. The van der Waals surface area contributed by atoms with Gasteiger partial charge in [-0.1, -0.05) is 6.08 Å². The van der Waals surface area contributed by atoms with Crippen molar-refractivity contribution in [2.75, 3.05) is 0 Å². The van der Waals surface area contributed by atoms with Crippen LogP contribution in [0.3, 0.4) is 0 Å². The molecule has 1 aromatic rings. The zero-order valence-corrected chi connectivity index (χ0v) is 9.32. The average Bonchev–Trinajstić information content (AvgIpc) is 2.27. The van der Waals surface area contributed by atoms with E-state index in [-0.39, 0.29) is 6.42 Å². The van der Waals surface area contributed by atoms with Gasteiger partial charge in [0.05, 0.1) is 5.56 Å². The van der Waals surface area contributed by atoms with E-state index in [1.807, 2.05) is 0 Å². The molecule has 0 aliphatic carbocycles. The highest BCUT2D eigenvalue weighted by molar-refractivity contribution is 5.96. The Morgan fingerprint density at radius 3 is 2.61 bits per heavy atom. The van der Waals surface area contributed by atoms with Crippen molar-refractivity contribution in [1.82, 2.24) is 5.32 Å². The Morgan fingerprint density at radius 1 is 1.44 bits per heavy atom. The number of carbonyl (C=O) groups excluding carboxylic acids is 1. The highest BCUT2D eigenvalue weighted by atomic mass is 19.1. The first-order valence-corrected chi connectivity index (χ1v) is 5.05. The smallest absolute Gasteiger partial charge is 0.326 e. The van der Waals surface area contributed by atoms with E-state index in [2.05, 4.69) is 11.9 Å². The van der Waals surface area contributed by atoms with Crippen molar-refractivity contribution in [3.63, 3.8) is 0 Å². The molecule has 1 rings (SSSR count). The van der Waals surface area contributed by atoms with Gasteiger partial charge in [0.1, 0.15) is 17.7 Å². The van der Waals surface area contributed by atoms with Crippen LogP contribution in [0.5, 0.6) is 0 Å². The highest BCUT2D eigenvalue weighted by Crippen LogP contribution is 2.10. The summed E-state index contributed by atoms with van der Waals surface area (Å²) in [6.45, 7) is 3.35. The number of benzene rings is 1. The number of hydrogen-bond acceptors (Lipinski definition) is 2. The molecular weight excluding hydrogens is 244 g/mol. The third kappa shape index (κ3) is 3.38. The lowest BCUT2D eigenvalue weighted by Gasteiger charge is -2.12. The summed E-state index contributed by atoms with van der Waals surface area (Å²) in [6, 6.07) is 1.23. The van der Waals surface area contributed by atoms with Crippen LogP contribution in [0.4, 0.5) is 8.78 Å². The summed E-state index contributed by atoms with van der Waals surface area (Å²) in [5.74, 6) is -4.03. The van der Waals surface area contributed by atoms with E-state index in [9.17, 15) is 18.4 Å². The normalized spacial score (nSPS) is 11.7. The van der Waals surface area contributed by atoms with E-state index < -0.39 is 35.1 Å². The summed E-state index contributed by atoms with van der Waals surface area (Å²) in [6.07, 6.45) is 1.32. The van der Waals surface area contributed by atoms with Crippen LogP contribution in [0, 0.1) is 11.6 Å². The molecule has 1 aromatic carbocycles. The van der Waals surface area contributed by atoms with Crippen molar-refractivity contribution < 1.29 is 23.5 Å². The Bertz CT molecular complexity index is 488. The zero-order chi connectivity index (χ0) is 13.7. The van der Waals surface area contributed by atoms with Crippen LogP contribution in [0.25, 0.3) is 0 Å². The number of amides is 1. The minimum Gasteiger partial charge on any atom is -0.480 e. The molecule has 1 unspecified atom stereocenters. The molecule has 0 saturated carbocycles. The van der Waals surface area contributed by atoms with Crippen LogP contribution in [0.15, 0.2) is 30.9 Å². The van der Waals surface area contributed by atoms with Gasteiger partial charge in [-0.2, -0.15) is 0 Å². The Hall–Kier alpha value is -2.24. The number of carboxylic acid groups (broad SMARTS) is 1. The van der Waals surface area contributed by atoms with E-state index in [4.69, 9.17) is 5.11 Å². The molecular formula is C12H11F2NO3. The molecule has 0 aromatic heterocycles. The number of carbonyl (C=O) groups is 2. The number of carboxylic acids is 1. The lowest BCUT2D eigenvalue weighted by atomic mass is 10.1. The van der Waals surface area contributed by atoms with Crippen molar-refractivity contribution in [2.45, 2.75) is 12.5 Å². The van der Waals surface area contributed by atoms with Gasteiger partial charge in [0.2, 0.25) is 0 Å². The molecule has 1 atom stereocenters. The Labute approximate surface area is 102 Å². The van der Waals surface area contributed by atoms with Crippen LogP contribution in [0.2, 0.25) is 0 Å². The van der Waals surface area contributed by atoms with Gasteiger partial charge < -0.3 is 10.4 Å². The van der Waals surface area contributed by atoms with E-state index in [0.717, 1.165) is 12.1 Å². The average molecular weight is 255 g/mol. The zero-order valence-electron chi connectivity index (χ0n) is 9.32. The van der Waals surface area contributed by atoms with Crippen LogP contribution in [0.1, 0.15) is 16.8 Å². The fourth-order valence-corrected chi connectivity index (χ4v) is 1.30. The third-order valence-corrected chi connectivity index (χ3v) is 2.18. The monoisotopic (exact) mass is 255 g/mol. The van der Waals surface area contributed by atoms with Gasteiger partial charge in [-0.05, 0) is 18.6 Å². The molecule has 2 N–H and O–H groups in total. The standard InChI is InChI=1S/C12H11F2NO3/c1-2-3-10(12(17)18)15-11(16)8-5-4-7(13)6-9(8)14/h2,4-6,10H,1,3H2,(H,15,16)(H,17,18). The van der Waals surface area contributed by atoms with Gasteiger partial charge >= 0.3 is 5.97 Å². The summed E-state index contributed by atoms with van der Waals surface area (Å²) in [5.41, 5.74) is -0.410. The highest BCUT2D eigenvalue weighted by Gasteiger charge is 2.21. The number of aliphatic carboxylic acids is 1.